The second kappa shape index (κ2) is 5.36. The molecule has 1 amide bonds. The molecule has 0 saturated carbocycles. The lowest BCUT2D eigenvalue weighted by molar-refractivity contribution is 0.0794. The van der Waals surface area contributed by atoms with Crippen molar-refractivity contribution in [1.82, 2.24) is 9.88 Å². The second-order valence-electron chi connectivity index (χ2n) is 5.74. The van der Waals surface area contributed by atoms with Gasteiger partial charge in [0.05, 0.1) is 12.6 Å². The Hall–Kier alpha value is -3.39. The highest BCUT2D eigenvalue weighted by Crippen LogP contribution is 2.34. The molecule has 1 aliphatic heterocycles. The van der Waals surface area contributed by atoms with Crippen LogP contribution in [0.3, 0.4) is 0 Å². The van der Waals surface area contributed by atoms with E-state index < -0.39 is 0 Å². The van der Waals surface area contributed by atoms with Crippen LogP contribution in [0.25, 0.3) is 22.2 Å². The maximum absolute atomic E-state index is 12.5. The summed E-state index contributed by atoms with van der Waals surface area (Å²) in [5.41, 5.74) is 5.50. The Bertz CT molecular complexity index is 1030. The van der Waals surface area contributed by atoms with E-state index in [1.54, 1.807) is 4.90 Å². The predicted octanol–water partition coefficient (Wildman–Crippen LogP) is 3.53. The van der Waals surface area contributed by atoms with Gasteiger partial charge in [-0.25, -0.2) is 4.98 Å². The van der Waals surface area contributed by atoms with Crippen LogP contribution in [0.4, 0.5) is 0 Å². The topological polar surface area (TPSA) is 70.1 Å². The van der Waals surface area contributed by atoms with Crippen molar-refractivity contribution < 1.29 is 9.21 Å². The molecule has 0 unspecified atom stereocenters. The molecule has 5 nitrogen and oxygen atoms in total. The van der Waals surface area contributed by atoms with E-state index in [0.717, 1.165) is 22.2 Å². The number of rotatable bonds is 3. The highest BCUT2D eigenvalue weighted by atomic mass is 16.3. The van der Waals surface area contributed by atoms with Crippen molar-refractivity contribution in [2.24, 2.45) is 0 Å². The Labute approximate surface area is 138 Å². The zero-order chi connectivity index (χ0) is 16.7. The number of fused-ring (bicyclic) bond motifs is 2. The summed E-state index contributed by atoms with van der Waals surface area (Å²) in [6.07, 6.45) is 1.42. The Kier molecular flexibility index (Phi) is 3.17. The monoisotopic (exact) mass is 315 g/mol. The molecule has 0 radical (unpaired) electrons. The highest BCUT2D eigenvalue weighted by molar-refractivity contribution is 6.01. The molecule has 3 aromatic rings. The van der Waals surface area contributed by atoms with Crippen LogP contribution >= 0.6 is 0 Å². The fraction of sp³-hybridized carbons (Fsp3) is 0.105. The van der Waals surface area contributed by atoms with Gasteiger partial charge in [-0.2, -0.15) is 5.26 Å². The van der Waals surface area contributed by atoms with Crippen molar-refractivity contribution in [3.8, 4) is 17.2 Å². The van der Waals surface area contributed by atoms with Gasteiger partial charge in [0.1, 0.15) is 5.52 Å². The van der Waals surface area contributed by atoms with Gasteiger partial charge < -0.3 is 9.32 Å². The number of hydrogen-bond donors (Lipinski definition) is 0. The average molecular weight is 315 g/mol. The standard InChI is InChI=1S/C19H13N3O2/c1-12(8-20)9-22-10-16-14(3-2-4-15(16)19(22)23)13-5-6-17-18(7-13)24-11-21-17/h2-7,11H,1,9-10H2. The molecule has 0 atom stereocenters. The molecule has 0 N–H and O–H groups in total. The van der Waals surface area contributed by atoms with Gasteiger partial charge in [0.15, 0.2) is 12.0 Å². The molecule has 4 rings (SSSR count). The van der Waals surface area contributed by atoms with E-state index in [1.165, 1.54) is 6.39 Å². The summed E-state index contributed by atoms with van der Waals surface area (Å²) >= 11 is 0. The lowest BCUT2D eigenvalue weighted by Gasteiger charge is -2.14. The lowest BCUT2D eigenvalue weighted by Crippen LogP contribution is -2.25. The SMILES string of the molecule is C=C(C#N)CN1Cc2c(cccc2-c2ccc3ncoc3c2)C1=O. The summed E-state index contributed by atoms with van der Waals surface area (Å²) in [7, 11) is 0. The van der Waals surface area contributed by atoms with Crippen LogP contribution in [0, 0.1) is 11.3 Å². The van der Waals surface area contributed by atoms with E-state index in [0.29, 0.717) is 23.3 Å². The molecule has 1 aromatic heterocycles. The van der Waals surface area contributed by atoms with Crippen LogP contribution in [0.15, 0.2) is 59.4 Å². The largest absolute Gasteiger partial charge is 0.443 e. The van der Waals surface area contributed by atoms with E-state index in [1.807, 2.05) is 42.5 Å². The van der Waals surface area contributed by atoms with Crippen molar-refractivity contribution in [1.29, 1.82) is 5.26 Å². The Morgan fingerprint density at radius 3 is 3.00 bits per heavy atom. The number of amides is 1. The number of benzene rings is 2. The maximum Gasteiger partial charge on any atom is 0.254 e. The minimum Gasteiger partial charge on any atom is -0.443 e. The molecule has 2 heterocycles. The minimum atomic E-state index is -0.0657. The van der Waals surface area contributed by atoms with Gasteiger partial charge in [-0.05, 0) is 34.9 Å². The molecule has 5 heteroatoms. The van der Waals surface area contributed by atoms with Gasteiger partial charge in [-0.3, -0.25) is 4.79 Å². The third-order valence-corrected chi connectivity index (χ3v) is 4.22. The maximum atomic E-state index is 12.5. The third-order valence-electron chi connectivity index (χ3n) is 4.22. The van der Waals surface area contributed by atoms with Gasteiger partial charge in [-0.1, -0.05) is 24.8 Å². The Morgan fingerprint density at radius 1 is 1.33 bits per heavy atom. The molecule has 116 valence electrons. The fourth-order valence-electron chi connectivity index (χ4n) is 3.08. The van der Waals surface area contributed by atoms with Crippen molar-refractivity contribution >= 4 is 17.0 Å². The number of nitriles is 1. The second-order valence-corrected chi connectivity index (χ2v) is 5.74. The normalized spacial score (nSPS) is 13.1. The Balaban J connectivity index is 1.77. The summed E-state index contributed by atoms with van der Waals surface area (Å²) in [5.74, 6) is -0.0657. The smallest absolute Gasteiger partial charge is 0.254 e. The summed E-state index contributed by atoms with van der Waals surface area (Å²) in [5, 5.41) is 8.91. The van der Waals surface area contributed by atoms with E-state index in [4.69, 9.17) is 9.68 Å². The third kappa shape index (κ3) is 2.17. The number of oxazole rings is 1. The van der Waals surface area contributed by atoms with Crippen LogP contribution in [0.2, 0.25) is 0 Å². The summed E-state index contributed by atoms with van der Waals surface area (Å²) in [4.78, 5) is 18.3. The first-order valence-corrected chi connectivity index (χ1v) is 7.50. The molecular weight excluding hydrogens is 302 g/mol. The molecule has 24 heavy (non-hydrogen) atoms. The average Bonchev–Trinajstić information content (AvgIpc) is 3.19. The number of nitrogens with zero attached hydrogens (tertiary/aromatic N) is 3. The molecule has 0 bridgehead atoms. The van der Waals surface area contributed by atoms with Gasteiger partial charge in [0, 0.05) is 17.7 Å². The van der Waals surface area contributed by atoms with Crippen LogP contribution < -0.4 is 0 Å². The van der Waals surface area contributed by atoms with E-state index in [9.17, 15) is 4.79 Å². The summed E-state index contributed by atoms with van der Waals surface area (Å²) in [6.45, 7) is 4.39. The molecule has 0 saturated heterocycles. The van der Waals surface area contributed by atoms with Gasteiger partial charge >= 0.3 is 0 Å². The molecule has 0 fully saturated rings. The fourth-order valence-corrected chi connectivity index (χ4v) is 3.08. The van der Waals surface area contributed by atoms with Crippen molar-refractivity contribution in [3.63, 3.8) is 0 Å². The molecular formula is C19H13N3O2. The van der Waals surface area contributed by atoms with Gasteiger partial charge in [0.2, 0.25) is 0 Å². The van der Waals surface area contributed by atoms with E-state index in [-0.39, 0.29) is 12.5 Å². The van der Waals surface area contributed by atoms with Crippen molar-refractivity contribution in [3.05, 3.63) is 66.1 Å². The predicted molar refractivity (Wildman–Crippen MR) is 88.9 cm³/mol. The Morgan fingerprint density at radius 2 is 2.17 bits per heavy atom. The quantitative estimate of drug-likeness (QED) is 0.693. The molecule has 0 aliphatic carbocycles. The molecule has 0 spiro atoms. The number of hydrogen-bond acceptors (Lipinski definition) is 4. The van der Waals surface area contributed by atoms with E-state index in [2.05, 4.69) is 11.6 Å². The zero-order valence-corrected chi connectivity index (χ0v) is 12.8. The number of carbonyl (C=O) groups is 1. The van der Waals surface area contributed by atoms with E-state index >= 15 is 0 Å². The van der Waals surface area contributed by atoms with Crippen LogP contribution in [-0.2, 0) is 6.54 Å². The van der Waals surface area contributed by atoms with Crippen LogP contribution in [-0.4, -0.2) is 22.3 Å². The first kappa shape index (κ1) is 14.2. The highest BCUT2D eigenvalue weighted by Gasteiger charge is 2.29. The zero-order valence-electron chi connectivity index (χ0n) is 12.8. The van der Waals surface area contributed by atoms with Gasteiger partial charge in [0.25, 0.3) is 5.91 Å². The summed E-state index contributed by atoms with van der Waals surface area (Å²) in [6, 6.07) is 13.5. The minimum absolute atomic E-state index is 0.0657. The lowest BCUT2D eigenvalue weighted by atomic mass is 9.97. The van der Waals surface area contributed by atoms with Crippen molar-refractivity contribution in [2.75, 3.05) is 6.54 Å². The number of aromatic nitrogens is 1. The van der Waals surface area contributed by atoms with Crippen LogP contribution in [0.5, 0.6) is 0 Å². The first-order chi connectivity index (χ1) is 11.7. The molecule has 1 aliphatic rings. The summed E-state index contributed by atoms with van der Waals surface area (Å²) < 4.78 is 5.37. The van der Waals surface area contributed by atoms with Crippen molar-refractivity contribution in [2.45, 2.75) is 6.54 Å². The molecule has 2 aromatic carbocycles. The number of carbonyl (C=O) groups excluding carboxylic acids is 1. The first-order valence-electron chi connectivity index (χ1n) is 7.50. The van der Waals surface area contributed by atoms with Gasteiger partial charge in [-0.15, -0.1) is 0 Å². The van der Waals surface area contributed by atoms with Crippen LogP contribution in [0.1, 0.15) is 15.9 Å².